The van der Waals surface area contributed by atoms with Gasteiger partial charge in [0.25, 0.3) is 0 Å². The highest BCUT2D eigenvalue weighted by atomic mass is 32.2. The van der Waals surface area contributed by atoms with Crippen molar-refractivity contribution in [3.05, 3.63) is 29.3 Å². The van der Waals surface area contributed by atoms with Crippen LogP contribution < -0.4 is 0 Å². The smallest absolute Gasteiger partial charge is 0.310 e. The lowest BCUT2D eigenvalue weighted by atomic mass is 9.76. The number of carbonyl (C=O) groups is 2. The van der Waals surface area contributed by atoms with E-state index in [2.05, 4.69) is 0 Å². The van der Waals surface area contributed by atoms with Crippen molar-refractivity contribution in [2.24, 2.45) is 11.8 Å². The molecule has 1 aromatic rings. The van der Waals surface area contributed by atoms with E-state index < -0.39 is 11.9 Å². The summed E-state index contributed by atoms with van der Waals surface area (Å²) in [5, 5.41) is 9.14. The highest BCUT2D eigenvalue weighted by Crippen LogP contribution is 2.42. The van der Waals surface area contributed by atoms with Crippen molar-refractivity contribution in [3.63, 3.8) is 0 Å². The van der Waals surface area contributed by atoms with Gasteiger partial charge in [-0.15, -0.1) is 11.8 Å². The number of carboxylic acid groups (broad SMARTS) is 1. The minimum Gasteiger partial charge on any atom is -0.481 e. The van der Waals surface area contributed by atoms with Crippen LogP contribution in [0.1, 0.15) is 54.4 Å². The van der Waals surface area contributed by atoms with Crippen molar-refractivity contribution < 1.29 is 14.7 Å². The molecule has 0 aromatic heterocycles. The Labute approximate surface area is 129 Å². The summed E-state index contributed by atoms with van der Waals surface area (Å²) in [6, 6.07) is 5.56. The van der Waals surface area contributed by atoms with E-state index in [-0.39, 0.29) is 11.7 Å². The first-order valence-corrected chi connectivity index (χ1v) is 8.60. The molecule has 3 nitrogen and oxygen atoms in total. The number of aliphatic carboxylic acids is 1. The SMILES string of the molecule is CC(C(=O)O)c1ccc2c(c1)SC[C@H]1CCCC[C@@H]1C2=O. The van der Waals surface area contributed by atoms with Crippen LogP contribution in [0, 0.1) is 11.8 Å². The van der Waals surface area contributed by atoms with Gasteiger partial charge in [0, 0.05) is 22.1 Å². The fraction of sp³-hybridized carbons (Fsp3) is 0.529. The number of carboxylic acids is 1. The summed E-state index contributed by atoms with van der Waals surface area (Å²) < 4.78 is 0. The summed E-state index contributed by atoms with van der Waals surface area (Å²) in [5.41, 5.74) is 1.59. The zero-order valence-corrected chi connectivity index (χ0v) is 13.0. The van der Waals surface area contributed by atoms with Gasteiger partial charge < -0.3 is 5.11 Å². The lowest BCUT2D eigenvalue weighted by Gasteiger charge is -2.28. The number of hydrogen-bond acceptors (Lipinski definition) is 3. The maximum Gasteiger partial charge on any atom is 0.310 e. The van der Waals surface area contributed by atoms with Gasteiger partial charge in [-0.05, 0) is 43.4 Å². The fourth-order valence-corrected chi connectivity index (χ4v) is 4.76. The third-order valence-corrected chi connectivity index (χ3v) is 6.08. The van der Waals surface area contributed by atoms with E-state index in [0.29, 0.717) is 5.92 Å². The third-order valence-electron chi connectivity index (χ3n) is 4.84. The van der Waals surface area contributed by atoms with Crippen LogP contribution in [0.3, 0.4) is 0 Å². The zero-order chi connectivity index (χ0) is 15.0. The molecule has 1 N–H and O–H groups in total. The number of ketones is 1. The normalized spacial score (nSPS) is 26.4. The van der Waals surface area contributed by atoms with Crippen LogP contribution in [0.15, 0.2) is 23.1 Å². The van der Waals surface area contributed by atoms with Crippen molar-refractivity contribution in [3.8, 4) is 0 Å². The van der Waals surface area contributed by atoms with Crippen LogP contribution in [0.25, 0.3) is 0 Å². The van der Waals surface area contributed by atoms with E-state index in [1.54, 1.807) is 24.8 Å². The van der Waals surface area contributed by atoms with Gasteiger partial charge in [0.1, 0.15) is 0 Å². The lowest BCUT2D eigenvalue weighted by Crippen LogP contribution is -2.27. The van der Waals surface area contributed by atoms with Crippen LogP contribution in [-0.2, 0) is 4.79 Å². The maximum absolute atomic E-state index is 12.8. The standard InChI is InChI=1S/C17H20O3S/c1-10(17(19)20)11-6-7-14-15(8-11)21-9-12-4-2-3-5-13(12)16(14)18/h6-8,10,12-13H,2-5,9H2,1H3,(H,19,20)/t10?,12-,13+/m1/s1. The Morgan fingerprint density at radius 3 is 2.86 bits per heavy atom. The molecule has 1 aliphatic heterocycles. The first kappa shape index (κ1) is 14.6. The Balaban J connectivity index is 1.95. The van der Waals surface area contributed by atoms with Crippen molar-refractivity contribution in [2.45, 2.75) is 43.4 Å². The van der Waals surface area contributed by atoms with Gasteiger partial charge >= 0.3 is 5.97 Å². The van der Waals surface area contributed by atoms with Gasteiger partial charge in [-0.1, -0.05) is 18.9 Å². The molecule has 0 saturated heterocycles. The fourth-order valence-electron chi connectivity index (χ4n) is 3.42. The van der Waals surface area contributed by atoms with E-state index in [1.165, 1.54) is 6.42 Å². The second kappa shape index (κ2) is 5.84. The Bertz CT molecular complexity index is 581. The van der Waals surface area contributed by atoms with Gasteiger partial charge in [0.15, 0.2) is 5.78 Å². The van der Waals surface area contributed by atoms with E-state index in [9.17, 15) is 9.59 Å². The summed E-state index contributed by atoms with van der Waals surface area (Å²) >= 11 is 1.73. The second-order valence-corrected chi connectivity index (χ2v) is 7.20. The molecule has 1 heterocycles. The van der Waals surface area contributed by atoms with Crippen LogP contribution in [0.5, 0.6) is 0 Å². The second-order valence-electron chi connectivity index (χ2n) is 6.14. The number of rotatable bonds is 2. The van der Waals surface area contributed by atoms with Crippen LogP contribution in [0.4, 0.5) is 0 Å². The summed E-state index contributed by atoms with van der Waals surface area (Å²) in [5.74, 6) is 0.562. The van der Waals surface area contributed by atoms with Crippen LogP contribution in [0.2, 0.25) is 0 Å². The average molecular weight is 304 g/mol. The topological polar surface area (TPSA) is 54.4 Å². The molecule has 112 valence electrons. The molecule has 0 spiro atoms. The van der Waals surface area contributed by atoms with Gasteiger partial charge in [-0.25, -0.2) is 0 Å². The molecule has 2 aliphatic rings. The Morgan fingerprint density at radius 1 is 1.33 bits per heavy atom. The third kappa shape index (κ3) is 2.73. The first-order valence-electron chi connectivity index (χ1n) is 7.61. The molecule has 1 fully saturated rings. The summed E-state index contributed by atoms with van der Waals surface area (Å²) in [4.78, 5) is 24.9. The van der Waals surface area contributed by atoms with E-state index >= 15 is 0 Å². The summed E-state index contributed by atoms with van der Waals surface area (Å²) in [6.45, 7) is 1.69. The van der Waals surface area contributed by atoms with Crippen LogP contribution >= 0.6 is 11.8 Å². The summed E-state index contributed by atoms with van der Waals surface area (Å²) in [6.07, 6.45) is 4.54. The van der Waals surface area contributed by atoms with Gasteiger partial charge in [-0.2, -0.15) is 0 Å². The number of thioether (sulfide) groups is 1. The molecule has 1 unspecified atom stereocenters. The van der Waals surface area contributed by atoms with Gasteiger partial charge in [0.2, 0.25) is 0 Å². The monoisotopic (exact) mass is 304 g/mol. The van der Waals surface area contributed by atoms with Gasteiger partial charge in [0.05, 0.1) is 5.92 Å². The van der Waals surface area contributed by atoms with Crippen molar-refractivity contribution in [2.75, 3.05) is 5.75 Å². The van der Waals surface area contributed by atoms with Crippen molar-refractivity contribution in [1.29, 1.82) is 0 Å². The molecule has 3 rings (SSSR count). The lowest BCUT2D eigenvalue weighted by molar-refractivity contribution is -0.138. The molecule has 0 amide bonds. The molecular weight excluding hydrogens is 284 g/mol. The largest absolute Gasteiger partial charge is 0.481 e. The number of Topliss-reactive ketones (excluding diaryl/α,β-unsaturated/α-hetero) is 1. The summed E-state index contributed by atoms with van der Waals surface area (Å²) in [7, 11) is 0. The van der Waals surface area contributed by atoms with Crippen LogP contribution in [-0.4, -0.2) is 22.6 Å². The van der Waals surface area contributed by atoms with E-state index in [0.717, 1.165) is 41.0 Å². The molecule has 0 bridgehead atoms. The molecule has 1 aliphatic carbocycles. The zero-order valence-electron chi connectivity index (χ0n) is 12.2. The van der Waals surface area contributed by atoms with Gasteiger partial charge in [-0.3, -0.25) is 9.59 Å². The molecule has 3 atom stereocenters. The van der Waals surface area contributed by atoms with Crippen molar-refractivity contribution in [1.82, 2.24) is 0 Å². The molecule has 1 aromatic carbocycles. The number of carbonyl (C=O) groups excluding carboxylic acids is 1. The van der Waals surface area contributed by atoms with E-state index in [4.69, 9.17) is 5.11 Å². The average Bonchev–Trinajstić information content (AvgIpc) is 2.64. The number of hydrogen-bond donors (Lipinski definition) is 1. The first-order chi connectivity index (χ1) is 10.1. The molecule has 21 heavy (non-hydrogen) atoms. The number of benzene rings is 1. The number of fused-ring (bicyclic) bond motifs is 2. The Hall–Kier alpha value is -1.29. The highest BCUT2D eigenvalue weighted by Gasteiger charge is 2.35. The molecule has 1 saturated carbocycles. The predicted molar refractivity (Wildman–Crippen MR) is 83.0 cm³/mol. The Morgan fingerprint density at radius 2 is 2.10 bits per heavy atom. The highest BCUT2D eigenvalue weighted by molar-refractivity contribution is 7.99. The quantitative estimate of drug-likeness (QED) is 0.898. The maximum atomic E-state index is 12.8. The molecule has 4 heteroatoms. The minimum absolute atomic E-state index is 0.176. The van der Waals surface area contributed by atoms with Crippen molar-refractivity contribution >= 4 is 23.5 Å². The predicted octanol–water partition coefficient (Wildman–Crippen LogP) is 3.97. The van der Waals surface area contributed by atoms with E-state index in [1.807, 2.05) is 12.1 Å². The minimum atomic E-state index is -0.825. The Kier molecular flexibility index (Phi) is 4.07. The molecular formula is C17H20O3S. The molecule has 0 radical (unpaired) electrons.